The third kappa shape index (κ3) is 3.03. The van der Waals surface area contributed by atoms with E-state index in [1.807, 2.05) is 0 Å². The highest BCUT2D eigenvalue weighted by Gasteiger charge is 2.26. The molecule has 0 amide bonds. The van der Waals surface area contributed by atoms with Crippen LogP contribution in [0.3, 0.4) is 0 Å². The smallest absolute Gasteiger partial charge is 0.0686 e. The molecule has 14 heavy (non-hydrogen) atoms. The van der Waals surface area contributed by atoms with Gasteiger partial charge in [-0.25, -0.2) is 0 Å². The summed E-state index contributed by atoms with van der Waals surface area (Å²) in [6.07, 6.45) is 10.5. The molecular weight excluding hydrogens is 170 g/mol. The molecule has 1 N–H and O–H groups in total. The Balaban J connectivity index is 2.45. The minimum absolute atomic E-state index is 0.271. The second-order valence-electron chi connectivity index (χ2n) is 4.80. The summed E-state index contributed by atoms with van der Waals surface area (Å²) in [5.41, 5.74) is 0. The van der Waals surface area contributed by atoms with Gasteiger partial charge in [-0.05, 0) is 31.1 Å². The van der Waals surface area contributed by atoms with E-state index in [0.717, 1.165) is 18.3 Å². The van der Waals surface area contributed by atoms with Crippen LogP contribution in [0.25, 0.3) is 0 Å². The summed E-state index contributed by atoms with van der Waals surface area (Å²) >= 11 is 0. The van der Waals surface area contributed by atoms with Crippen LogP contribution in [-0.2, 0) is 0 Å². The molecular formula is C13H23N. The van der Waals surface area contributed by atoms with Crippen LogP contribution in [0.5, 0.6) is 0 Å². The van der Waals surface area contributed by atoms with Gasteiger partial charge in [-0.15, -0.1) is 6.42 Å². The molecule has 0 spiro atoms. The molecule has 0 aromatic rings. The van der Waals surface area contributed by atoms with Crippen LogP contribution in [0, 0.1) is 24.2 Å². The first-order valence-corrected chi connectivity index (χ1v) is 5.89. The average molecular weight is 193 g/mol. The molecule has 0 saturated heterocycles. The van der Waals surface area contributed by atoms with Crippen LogP contribution in [-0.4, -0.2) is 12.1 Å². The molecule has 1 rings (SSSR count). The van der Waals surface area contributed by atoms with Gasteiger partial charge in [-0.2, -0.15) is 0 Å². The Bertz CT molecular complexity index is 204. The van der Waals surface area contributed by atoms with E-state index in [0.29, 0.717) is 6.04 Å². The van der Waals surface area contributed by atoms with Gasteiger partial charge >= 0.3 is 0 Å². The largest absolute Gasteiger partial charge is 0.301 e. The molecule has 4 unspecified atom stereocenters. The van der Waals surface area contributed by atoms with Gasteiger partial charge in [0.2, 0.25) is 0 Å². The van der Waals surface area contributed by atoms with Gasteiger partial charge in [0.05, 0.1) is 6.04 Å². The van der Waals surface area contributed by atoms with Gasteiger partial charge in [0.15, 0.2) is 0 Å². The minimum atomic E-state index is 0.271. The first kappa shape index (κ1) is 11.6. The number of hydrogen-bond acceptors (Lipinski definition) is 1. The summed E-state index contributed by atoms with van der Waals surface area (Å²) in [5, 5.41) is 3.60. The van der Waals surface area contributed by atoms with Gasteiger partial charge in [0.1, 0.15) is 0 Å². The first-order chi connectivity index (χ1) is 6.67. The monoisotopic (exact) mass is 193 g/mol. The minimum Gasteiger partial charge on any atom is -0.301 e. The van der Waals surface area contributed by atoms with Crippen LogP contribution in [0.4, 0.5) is 0 Å². The summed E-state index contributed by atoms with van der Waals surface area (Å²) < 4.78 is 0. The van der Waals surface area contributed by atoms with Crippen LogP contribution in [0.15, 0.2) is 0 Å². The molecule has 1 aliphatic rings. The highest BCUT2D eigenvalue weighted by molar-refractivity contribution is 5.00. The molecule has 80 valence electrons. The molecule has 1 fully saturated rings. The number of hydrogen-bond donors (Lipinski definition) is 1. The topological polar surface area (TPSA) is 12.0 Å². The number of terminal acetylenes is 1. The molecule has 1 aliphatic carbocycles. The van der Waals surface area contributed by atoms with Crippen molar-refractivity contribution < 1.29 is 0 Å². The maximum Gasteiger partial charge on any atom is 0.0686 e. The number of nitrogens with one attached hydrogen (secondary N) is 1. The fourth-order valence-corrected chi connectivity index (χ4v) is 2.31. The van der Waals surface area contributed by atoms with Gasteiger partial charge in [0.25, 0.3) is 0 Å². The summed E-state index contributed by atoms with van der Waals surface area (Å²) in [6.45, 7) is 6.83. The van der Waals surface area contributed by atoms with Crippen LogP contribution in [0.1, 0.15) is 46.5 Å². The Morgan fingerprint density at radius 1 is 1.43 bits per heavy atom. The molecule has 0 radical (unpaired) electrons. The third-order valence-electron chi connectivity index (χ3n) is 3.48. The Morgan fingerprint density at radius 3 is 2.71 bits per heavy atom. The van der Waals surface area contributed by atoms with E-state index < -0.39 is 0 Å². The Hall–Kier alpha value is -0.480. The molecule has 0 aromatic heterocycles. The molecule has 4 atom stereocenters. The van der Waals surface area contributed by atoms with Gasteiger partial charge in [-0.3, -0.25) is 0 Å². The lowest BCUT2D eigenvalue weighted by molar-refractivity contribution is 0.221. The van der Waals surface area contributed by atoms with Crippen molar-refractivity contribution >= 4 is 0 Å². The maximum absolute atomic E-state index is 5.47. The fourth-order valence-electron chi connectivity index (χ4n) is 2.31. The summed E-state index contributed by atoms with van der Waals surface area (Å²) in [4.78, 5) is 0. The zero-order chi connectivity index (χ0) is 10.6. The quantitative estimate of drug-likeness (QED) is 0.680. The lowest BCUT2D eigenvalue weighted by Crippen LogP contribution is -2.44. The molecule has 1 heteroatoms. The summed E-state index contributed by atoms with van der Waals surface area (Å²) in [7, 11) is 0. The molecule has 0 aromatic carbocycles. The standard InChI is InChI=1S/C13H23N/c1-5-12(6-2)14-13-9-10(3)7-8-11(13)4/h1,10-14H,6-9H2,2-4H3. The van der Waals surface area contributed by atoms with E-state index >= 15 is 0 Å². The highest BCUT2D eigenvalue weighted by atomic mass is 15.0. The van der Waals surface area contributed by atoms with Crippen molar-refractivity contribution in [3.05, 3.63) is 0 Å². The molecule has 1 saturated carbocycles. The summed E-state index contributed by atoms with van der Waals surface area (Å²) in [5.74, 6) is 4.47. The average Bonchev–Trinajstić information content (AvgIpc) is 2.19. The lowest BCUT2D eigenvalue weighted by Gasteiger charge is -2.34. The molecule has 0 aliphatic heterocycles. The third-order valence-corrected chi connectivity index (χ3v) is 3.48. The fraction of sp³-hybridized carbons (Fsp3) is 0.846. The molecule has 0 bridgehead atoms. The molecule has 0 heterocycles. The van der Waals surface area contributed by atoms with Crippen molar-refractivity contribution in [2.24, 2.45) is 11.8 Å². The normalized spacial score (nSPS) is 34.9. The highest BCUT2D eigenvalue weighted by Crippen LogP contribution is 2.28. The molecule has 1 nitrogen and oxygen atoms in total. The van der Waals surface area contributed by atoms with E-state index in [-0.39, 0.29) is 6.04 Å². The van der Waals surface area contributed by atoms with Gasteiger partial charge in [-0.1, -0.05) is 33.1 Å². The van der Waals surface area contributed by atoms with Crippen LogP contribution >= 0.6 is 0 Å². The number of rotatable bonds is 3. The maximum atomic E-state index is 5.47. The predicted molar refractivity (Wildman–Crippen MR) is 62.0 cm³/mol. The SMILES string of the molecule is C#CC(CC)NC1CC(C)CCC1C. The van der Waals surface area contributed by atoms with E-state index in [9.17, 15) is 0 Å². The van der Waals surface area contributed by atoms with E-state index in [1.165, 1.54) is 19.3 Å². The Kier molecular flexibility index (Phi) is 4.48. The van der Waals surface area contributed by atoms with Crippen molar-refractivity contribution in [3.8, 4) is 12.3 Å². The van der Waals surface area contributed by atoms with Gasteiger partial charge in [0, 0.05) is 6.04 Å². The van der Waals surface area contributed by atoms with Crippen molar-refractivity contribution in [1.82, 2.24) is 5.32 Å². The van der Waals surface area contributed by atoms with Gasteiger partial charge < -0.3 is 5.32 Å². The lowest BCUT2D eigenvalue weighted by atomic mass is 9.80. The Labute approximate surface area is 88.7 Å². The Morgan fingerprint density at radius 2 is 2.14 bits per heavy atom. The second-order valence-corrected chi connectivity index (χ2v) is 4.80. The first-order valence-electron chi connectivity index (χ1n) is 5.89. The van der Waals surface area contributed by atoms with Crippen molar-refractivity contribution in [1.29, 1.82) is 0 Å². The zero-order valence-electron chi connectivity index (χ0n) is 9.72. The van der Waals surface area contributed by atoms with E-state index in [2.05, 4.69) is 32.0 Å². The zero-order valence-corrected chi connectivity index (χ0v) is 9.72. The van der Waals surface area contributed by atoms with Crippen LogP contribution < -0.4 is 5.32 Å². The van der Waals surface area contributed by atoms with E-state index in [1.54, 1.807) is 0 Å². The van der Waals surface area contributed by atoms with Crippen molar-refractivity contribution in [2.75, 3.05) is 0 Å². The summed E-state index contributed by atoms with van der Waals surface area (Å²) in [6, 6.07) is 0.910. The predicted octanol–water partition coefficient (Wildman–Crippen LogP) is 2.81. The van der Waals surface area contributed by atoms with Crippen LogP contribution in [0.2, 0.25) is 0 Å². The van der Waals surface area contributed by atoms with Crippen molar-refractivity contribution in [2.45, 2.75) is 58.5 Å². The van der Waals surface area contributed by atoms with E-state index in [4.69, 9.17) is 6.42 Å². The second kappa shape index (κ2) is 5.41. The van der Waals surface area contributed by atoms with Crippen molar-refractivity contribution in [3.63, 3.8) is 0 Å².